The van der Waals surface area contributed by atoms with Gasteiger partial charge in [0.15, 0.2) is 0 Å². The van der Waals surface area contributed by atoms with Crippen LogP contribution in [0.15, 0.2) is 84.9 Å². The highest BCUT2D eigenvalue weighted by Gasteiger charge is 2.17. The lowest BCUT2D eigenvalue weighted by Crippen LogP contribution is -2.27. The third-order valence-electron chi connectivity index (χ3n) is 4.97. The van der Waals surface area contributed by atoms with Crippen LogP contribution in [-0.2, 0) is 0 Å². The quantitative estimate of drug-likeness (QED) is 0.632. The van der Waals surface area contributed by atoms with Gasteiger partial charge in [-0.3, -0.25) is 9.69 Å². The fourth-order valence-electron chi connectivity index (χ4n) is 3.14. The van der Waals surface area contributed by atoms with Crippen LogP contribution in [0.25, 0.3) is 0 Å². The first kappa shape index (κ1) is 19.8. The summed E-state index contributed by atoms with van der Waals surface area (Å²) in [5, 5.41) is 13.4. The Labute approximate surface area is 166 Å². The molecule has 0 aliphatic carbocycles. The van der Waals surface area contributed by atoms with E-state index in [0.717, 1.165) is 16.8 Å². The summed E-state index contributed by atoms with van der Waals surface area (Å²) >= 11 is 0. The summed E-state index contributed by atoms with van der Waals surface area (Å²) in [6.07, 6.45) is -0.547. The molecule has 3 rings (SSSR count). The van der Waals surface area contributed by atoms with Gasteiger partial charge in [0.1, 0.15) is 0 Å². The van der Waals surface area contributed by atoms with Crippen LogP contribution in [0.2, 0.25) is 0 Å². The van der Waals surface area contributed by atoms with Crippen LogP contribution in [0, 0.1) is 0 Å². The molecule has 2 N–H and O–H groups in total. The third kappa shape index (κ3) is 5.06. The minimum Gasteiger partial charge on any atom is -0.387 e. The van der Waals surface area contributed by atoms with Gasteiger partial charge in [-0.2, -0.15) is 0 Å². The number of carbonyl (C=O) groups excluding carboxylic acids is 1. The maximum absolute atomic E-state index is 12.4. The van der Waals surface area contributed by atoms with Gasteiger partial charge in [-0.05, 0) is 49.4 Å². The number of carbonyl (C=O) groups is 1. The molecule has 0 aliphatic rings. The van der Waals surface area contributed by atoms with E-state index in [9.17, 15) is 9.90 Å². The first-order valence-electron chi connectivity index (χ1n) is 9.44. The molecule has 28 heavy (non-hydrogen) atoms. The molecule has 4 nitrogen and oxygen atoms in total. The van der Waals surface area contributed by atoms with Crippen LogP contribution in [-0.4, -0.2) is 29.5 Å². The number of anilines is 1. The number of benzene rings is 3. The van der Waals surface area contributed by atoms with Crippen LogP contribution < -0.4 is 5.32 Å². The molecule has 0 bridgehead atoms. The monoisotopic (exact) mass is 374 g/mol. The lowest BCUT2D eigenvalue weighted by atomic mass is 10.0. The normalized spacial score (nSPS) is 13.1. The molecule has 3 aromatic carbocycles. The van der Waals surface area contributed by atoms with Gasteiger partial charge < -0.3 is 10.4 Å². The lowest BCUT2D eigenvalue weighted by molar-refractivity contribution is 0.102. The highest BCUT2D eigenvalue weighted by molar-refractivity contribution is 6.04. The van der Waals surface area contributed by atoms with Gasteiger partial charge in [0, 0.05) is 23.8 Å². The summed E-state index contributed by atoms with van der Waals surface area (Å²) in [6, 6.07) is 26.8. The molecule has 0 radical (unpaired) electrons. The molecule has 4 heteroatoms. The van der Waals surface area contributed by atoms with Crippen molar-refractivity contribution < 1.29 is 9.90 Å². The predicted molar refractivity (Wildman–Crippen MR) is 113 cm³/mol. The zero-order chi connectivity index (χ0) is 19.9. The Morgan fingerprint density at radius 3 is 2.21 bits per heavy atom. The van der Waals surface area contributed by atoms with Crippen molar-refractivity contribution in [2.75, 3.05) is 18.9 Å². The molecule has 3 aromatic rings. The molecule has 0 aromatic heterocycles. The molecule has 2 atom stereocenters. The maximum Gasteiger partial charge on any atom is 0.255 e. The van der Waals surface area contributed by atoms with Gasteiger partial charge in [0.25, 0.3) is 5.91 Å². The van der Waals surface area contributed by atoms with E-state index in [-0.39, 0.29) is 11.9 Å². The molecule has 0 aliphatic heterocycles. The fourth-order valence-corrected chi connectivity index (χ4v) is 3.14. The summed E-state index contributed by atoms with van der Waals surface area (Å²) in [4.78, 5) is 14.5. The van der Waals surface area contributed by atoms with Gasteiger partial charge in [-0.1, -0.05) is 60.7 Å². The summed E-state index contributed by atoms with van der Waals surface area (Å²) in [6.45, 7) is 2.61. The molecule has 0 heterocycles. The van der Waals surface area contributed by atoms with E-state index >= 15 is 0 Å². The van der Waals surface area contributed by atoms with Gasteiger partial charge in [0.05, 0.1) is 6.10 Å². The van der Waals surface area contributed by atoms with Gasteiger partial charge >= 0.3 is 0 Å². The number of likely N-dealkylation sites (N-methyl/N-ethyl adjacent to an activating group) is 1. The Morgan fingerprint density at radius 2 is 1.54 bits per heavy atom. The highest BCUT2D eigenvalue weighted by atomic mass is 16.3. The van der Waals surface area contributed by atoms with Crippen molar-refractivity contribution >= 4 is 11.6 Å². The molecule has 1 amide bonds. The summed E-state index contributed by atoms with van der Waals surface area (Å²) < 4.78 is 0. The van der Waals surface area contributed by atoms with Crippen molar-refractivity contribution in [2.45, 2.75) is 19.1 Å². The average molecular weight is 374 g/mol. The van der Waals surface area contributed by atoms with E-state index in [1.807, 2.05) is 79.8 Å². The Balaban J connectivity index is 1.66. The van der Waals surface area contributed by atoms with Gasteiger partial charge in [0.2, 0.25) is 0 Å². The number of amides is 1. The minimum absolute atomic E-state index is 0.0898. The highest BCUT2D eigenvalue weighted by Crippen LogP contribution is 2.24. The molecule has 144 valence electrons. The van der Waals surface area contributed by atoms with Gasteiger partial charge in [-0.15, -0.1) is 0 Å². The Morgan fingerprint density at radius 1 is 0.929 bits per heavy atom. The predicted octanol–water partition coefficient (Wildman–Crippen LogP) is 4.67. The number of hydrogen-bond acceptors (Lipinski definition) is 3. The van der Waals surface area contributed by atoms with E-state index in [4.69, 9.17) is 0 Å². The van der Waals surface area contributed by atoms with E-state index in [1.165, 1.54) is 0 Å². The van der Waals surface area contributed by atoms with Crippen molar-refractivity contribution in [3.05, 3.63) is 102 Å². The number of aliphatic hydroxyl groups excluding tert-OH is 1. The van der Waals surface area contributed by atoms with Crippen molar-refractivity contribution in [1.29, 1.82) is 0 Å². The van der Waals surface area contributed by atoms with Crippen LogP contribution in [0.5, 0.6) is 0 Å². The largest absolute Gasteiger partial charge is 0.387 e. The van der Waals surface area contributed by atoms with Crippen LogP contribution in [0.4, 0.5) is 5.69 Å². The smallest absolute Gasteiger partial charge is 0.255 e. The van der Waals surface area contributed by atoms with E-state index in [2.05, 4.69) is 17.1 Å². The summed E-state index contributed by atoms with van der Waals surface area (Å²) in [5.41, 5.74) is 3.37. The van der Waals surface area contributed by atoms with E-state index < -0.39 is 6.10 Å². The van der Waals surface area contributed by atoms with Crippen molar-refractivity contribution in [2.24, 2.45) is 0 Å². The molecule has 0 saturated heterocycles. The van der Waals surface area contributed by atoms with E-state index in [1.54, 1.807) is 12.1 Å². The first-order chi connectivity index (χ1) is 13.5. The zero-order valence-corrected chi connectivity index (χ0v) is 16.2. The molecule has 0 unspecified atom stereocenters. The molecular formula is C24H26N2O2. The second kappa shape index (κ2) is 9.31. The second-order valence-corrected chi connectivity index (χ2v) is 6.99. The molecule has 0 spiro atoms. The van der Waals surface area contributed by atoms with Crippen molar-refractivity contribution in [3.63, 3.8) is 0 Å². The Bertz CT molecular complexity index is 897. The number of nitrogens with zero attached hydrogens (tertiary/aromatic N) is 1. The maximum atomic E-state index is 12.4. The summed E-state index contributed by atoms with van der Waals surface area (Å²) in [7, 11) is 1.99. The Kier molecular flexibility index (Phi) is 6.58. The molecule has 0 fully saturated rings. The van der Waals surface area contributed by atoms with Crippen LogP contribution in [0.3, 0.4) is 0 Å². The number of aliphatic hydroxyl groups is 1. The standard InChI is InChI=1S/C24H26N2O2/c1-18(26(2)17-23(27)19-10-5-3-6-11-19)21-14-9-15-22(16-21)25-24(28)20-12-7-4-8-13-20/h3-16,18,23,27H,17H2,1-2H3,(H,25,28)/t18-,23+/m1/s1. The Hall–Kier alpha value is -2.95. The first-order valence-corrected chi connectivity index (χ1v) is 9.44. The van der Waals surface area contributed by atoms with Crippen molar-refractivity contribution in [1.82, 2.24) is 4.90 Å². The fraction of sp³-hybridized carbons (Fsp3) is 0.208. The number of rotatable bonds is 7. The molecular weight excluding hydrogens is 348 g/mol. The van der Waals surface area contributed by atoms with Crippen molar-refractivity contribution in [3.8, 4) is 0 Å². The van der Waals surface area contributed by atoms with Crippen LogP contribution >= 0.6 is 0 Å². The molecule has 0 saturated carbocycles. The lowest BCUT2D eigenvalue weighted by Gasteiger charge is -2.27. The minimum atomic E-state index is -0.547. The summed E-state index contributed by atoms with van der Waals surface area (Å²) in [5.74, 6) is -0.127. The third-order valence-corrected chi connectivity index (χ3v) is 4.97. The van der Waals surface area contributed by atoms with E-state index in [0.29, 0.717) is 12.1 Å². The average Bonchev–Trinajstić information content (AvgIpc) is 2.74. The topological polar surface area (TPSA) is 52.6 Å². The zero-order valence-electron chi connectivity index (χ0n) is 16.2. The van der Waals surface area contributed by atoms with Crippen LogP contribution in [0.1, 0.15) is 40.6 Å². The SMILES string of the molecule is C[C@H](c1cccc(NC(=O)c2ccccc2)c1)N(C)C[C@H](O)c1ccccc1. The number of nitrogens with one attached hydrogen (secondary N) is 1. The second-order valence-electron chi connectivity index (χ2n) is 6.99. The number of hydrogen-bond donors (Lipinski definition) is 2. The van der Waals surface area contributed by atoms with Gasteiger partial charge in [-0.25, -0.2) is 0 Å².